The molecule has 1 heterocycles. The average Bonchev–Trinajstić information content (AvgIpc) is 2.70. The van der Waals surface area contributed by atoms with Gasteiger partial charge in [0.25, 0.3) is 0 Å². The Balaban J connectivity index is 2.23. The van der Waals surface area contributed by atoms with E-state index >= 15 is 0 Å². The molecule has 0 bridgehead atoms. The third-order valence-corrected chi connectivity index (χ3v) is 2.51. The van der Waals surface area contributed by atoms with Crippen molar-refractivity contribution in [1.29, 1.82) is 0 Å². The zero-order chi connectivity index (χ0) is 11.3. The normalized spacial score (nSPS) is 14.8. The molecule has 0 aliphatic heterocycles. The molecule has 0 saturated heterocycles. The highest BCUT2D eigenvalue weighted by Crippen LogP contribution is 2.19. The minimum atomic E-state index is -0.734. The van der Waals surface area contributed by atoms with Crippen LogP contribution < -0.4 is 0 Å². The van der Waals surface area contributed by atoms with Crippen molar-refractivity contribution in [1.82, 2.24) is 10.1 Å². The van der Waals surface area contributed by atoms with E-state index in [0.717, 1.165) is 12.8 Å². The first-order valence-corrected chi connectivity index (χ1v) is 5.10. The van der Waals surface area contributed by atoms with Crippen LogP contribution in [0.3, 0.4) is 0 Å². The number of carbonyl (C=O) groups is 1. The van der Waals surface area contributed by atoms with Gasteiger partial charge in [-0.05, 0) is 12.8 Å². The summed E-state index contributed by atoms with van der Waals surface area (Å²) in [6, 6.07) is 0. The second-order valence-corrected chi connectivity index (χ2v) is 3.86. The smallest absolute Gasteiger partial charge is 0.306 e. The number of carboxylic acids is 1. The van der Waals surface area contributed by atoms with Gasteiger partial charge in [-0.25, -0.2) is 0 Å². The highest BCUT2D eigenvalue weighted by molar-refractivity contribution is 5.69. The van der Waals surface area contributed by atoms with Crippen LogP contribution in [-0.2, 0) is 4.79 Å². The molecule has 1 rings (SSSR count). The molecule has 2 unspecified atom stereocenters. The molecule has 0 aliphatic rings. The van der Waals surface area contributed by atoms with Crippen LogP contribution in [-0.4, -0.2) is 21.2 Å². The van der Waals surface area contributed by atoms with Crippen molar-refractivity contribution in [3.8, 4) is 0 Å². The third-order valence-electron chi connectivity index (χ3n) is 2.51. The minimum Gasteiger partial charge on any atom is -0.481 e. The monoisotopic (exact) mass is 212 g/mol. The van der Waals surface area contributed by atoms with Crippen LogP contribution in [0.1, 0.15) is 44.9 Å². The summed E-state index contributed by atoms with van der Waals surface area (Å²) in [5.41, 5.74) is 0. The number of hydrogen-bond donors (Lipinski definition) is 1. The van der Waals surface area contributed by atoms with Crippen molar-refractivity contribution in [2.24, 2.45) is 5.92 Å². The van der Waals surface area contributed by atoms with Crippen LogP contribution in [0.25, 0.3) is 0 Å². The van der Waals surface area contributed by atoms with Crippen molar-refractivity contribution in [2.45, 2.75) is 39.0 Å². The number of aromatic nitrogens is 2. The maximum Gasteiger partial charge on any atom is 0.306 e. The number of aliphatic carboxylic acids is 1. The minimum absolute atomic E-state index is 0.227. The van der Waals surface area contributed by atoms with Crippen molar-refractivity contribution in [2.75, 3.05) is 0 Å². The van der Waals surface area contributed by atoms with Gasteiger partial charge in [-0.1, -0.05) is 25.4 Å². The van der Waals surface area contributed by atoms with Crippen molar-refractivity contribution in [3.63, 3.8) is 0 Å². The molecule has 84 valence electrons. The second kappa shape index (κ2) is 5.48. The predicted molar refractivity (Wildman–Crippen MR) is 53.4 cm³/mol. The average molecular weight is 212 g/mol. The maximum atomic E-state index is 10.6. The Bertz CT molecular complexity index is 298. The van der Waals surface area contributed by atoms with Gasteiger partial charge in [0.1, 0.15) is 0 Å². The summed E-state index contributed by atoms with van der Waals surface area (Å²) in [4.78, 5) is 14.5. The van der Waals surface area contributed by atoms with Gasteiger partial charge in [-0.3, -0.25) is 4.79 Å². The highest BCUT2D eigenvalue weighted by atomic mass is 16.5. The molecule has 1 aromatic heterocycles. The number of hydrogen-bond acceptors (Lipinski definition) is 4. The molecule has 5 nitrogen and oxygen atoms in total. The van der Waals surface area contributed by atoms with Crippen molar-refractivity contribution < 1.29 is 14.4 Å². The Morgan fingerprint density at radius 2 is 2.27 bits per heavy atom. The molecule has 0 spiro atoms. The van der Waals surface area contributed by atoms with Crippen LogP contribution in [0.5, 0.6) is 0 Å². The largest absolute Gasteiger partial charge is 0.481 e. The summed E-state index contributed by atoms with van der Waals surface area (Å²) in [5.74, 6) is -0.0904. The molecule has 0 amide bonds. The van der Waals surface area contributed by atoms with E-state index < -0.39 is 5.97 Å². The lowest BCUT2D eigenvalue weighted by atomic mass is 9.98. The standard InChI is InChI=1S/C10H16N2O3/c1-7(9-11-6-15-12-9)4-3-5-8(2)10(13)14/h6-8H,3-5H2,1-2H3,(H,13,14). The van der Waals surface area contributed by atoms with E-state index in [2.05, 4.69) is 14.7 Å². The molecule has 1 N–H and O–H groups in total. The van der Waals surface area contributed by atoms with Crippen LogP contribution in [0.4, 0.5) is 0 Å². The zero-order valence-corrected chi connectivity index (χ0v) is 9.01. The SMILES string of the molecule is CC(CCCC(C)c1ncon1)C(=O)O. The molecule has 2 atom stereocenters. The fourth-order valence-electron chi connectivity index (χ4n) is 1.38. The first-order chi connectivity index (χ1) is 7.11. The summed E-state index contributed by atoms with van der Waals surface area (Å²) >= 11 is 0. The Morgan fingerprint density at radius 1 is 1.53 bits per heavy atom. The molecule has 0 saturated carbocycles. The Morgan fingerprint density at radius 3 is 2.80 bits per heavy atom. The number of nitrogens with zero attached hydrogens (tertiary/aromatic N) is 2. The van der Waals surface area contributed by atoms with Crippen LogP contribution in [0.2, 0.25) is 0 Å². The van der Waals surface area contributed by atoms with E-state index in [1.807, 2.05) is 6.92 Å². The van der Waals surface area contributed by atoms with Crippen molar-refractivity contribution >= 4 is 5.97 Å². The van der Waals surface area contributed by atoms with Gasteiger partial charge in [0, 0.05) is 5.92 Å². The van der Waals surface area contributed by atoms with Crippen LogP contribution in [0.15, 0.2) is 10.9 Å². The van der Waals surface area contributed by atoms with Gasteiger partial charge in [-0.2, -0.15) is 4.98 Å². The Kier molecular flexibility index (Phi) is 4.27. The van der Waals surface area contributed by atoms with Crippen LogP contribution in [0, 0.1) is 5.92 Å². The summed E-state index contributed by atoms with van der Waals surface area (Å²) in [6.07, 6.45) is 3.75. The summed E-state index contributed by atoms with van der Waals surface area (Å²) in [5, 5.41) is 12.4. The highest BCUT2D eigenvalue weighted by Gasteiger charge is 2.13. The van der Waals surface area contributed by atoms with Crippen molar-refractivity contribution in [3.05, 3.63) is 12.2 Å². The summed E-state index contributed by atoms with van der Waals surface area (Å²) in [6.45, 7) is 3.73. The summed E-state index contributed by atoms with van der Waals surface area (Å²) < 4.78 is 4.65. The van der Waals surface area contributed by atoms with Gasteiger partial charge in [0.05, 0.1) is 5.92 Å². The summed E-state index contributed by atoms with van der Waals surface area (Å²) in [7, 11) is 0. The molecular weight excluding hydrogens is 196 g/mol. The third kappa shape index (κ3) is 3.69. The molecule has 0 aromatic carbocycles. The fraction of sp³-hybridized carbons (Fsp3) is 0.700. The Hall–Kier alpha value is -1.39. The van der Waals surface area contributed by atoms with E-state index in [1.165, 1.54) is 6.39 Å². The first-order valence-electron chi connectivity index (χ1n) is 5.10. The van der Waals surface area contributed by atoms with E-state index in [0.29, 0.717) is 12.2 Å². The lowest BCUT2D eigenvalue weighted by molar-refractivity contribution is -0.141. The molecule has 5 heteroatoms. The van der Waals surface area contributed by atoms with Gasteiger partial charge >= 0.3 is 5.97 Å². The fourth-order valence-corrected chi connectivity index (χ4v) is 1.38. The van der Waals surface area contributed by atoms with Gasteiger partial charge in [-0.15, -0.1) is 0 Å². The lowest BCUT2D eigenvalue weighted by Crippen LogP contribution is -2.09. The quantitative estimate of drug-likeness (QED) is 0.781. The maximum absolute atomic E-state index is 10.6. The van der Waals surface area contributed by atoms with Gasteiger partial charge < -0.3 is 9.63 Å². The number of rotatable bonds is 6. The van der Waals surface area contributed by atoms with Crippen LogP contribution >= 0.6 is 0 Å². The van der Waals surface area contributed by atoms with Gasteiger partial charge in [0.15, 0.2) is 5.82 Å². The van der Waals surface area contributed by atoms with E-state index in [1.54, 1.807) is 6.92 Å². The molecule has 0 aliphatic carbocycles. The predicted octanol–water partition coefficient (Wildman–Crippen LogP) is 2.06. The molecule has 0 fully saturated rings. The van der Waals surface area contributed by atoms with E-state index in [4.69, 9.17) is 5.11 Å². The van der Waals surface area contributed by atoms with E-state index in [9.17, 15) is 4.79 Å². The topological polar surface area (TPSA) is 76.2 Å². The molecule has 0 radical (unpaired) electrons. The molecule has 15 heavy (non-hydrogen) atoms. The molecular formula is C10H16N2O3. The Labute approximate surface area is 88.5 Å². The lowest BCUT2D eigenvalue weighted by Gasteiger charge is -2.08. The molecule has 1 aromatic rings. The van der Waals surface area contributed by atoms with Gasteiger partial charge in [0.2, 0.25) is 6.39 Å². The second-order valence-electron chi connectivity index (χ2n) is 3.86. The first kappa shape index (κ1) is 11.7. The van der Waals surface area contributed by atoms with E-state index in [-0.39, 0.29) is 11.8 Å². The zero-order valence-electron chi connectivity index (χ0n) is 9.01. The number of carboxylic acid groups (broad SMARTS) is 1.